The Kier molecular flexibility index (Phi) is 3.21. The molecule has 1 unspecified atom stereocenters. The quantitative estimate of drug-likeness (QED) is 0.439. The van der Waals surface area contributed by atoms with Gasteiger partial charge in [-0.3, -0.25) is 10.1 Å². The Morgan fingerprint density at radius 1 is 1.50 bits per heavy atom. The van der Waals surface area contributed by atoms with Gasteiger partial charge in [-0.15, -0.1) is 5.92 Å². The van der Waals surface area contributed by atoms with Gasteiger partial charge in [0.2, 0.25) is 0 Å². The van der Waals surface area contributed by atoms with Gasteiger partial charge in [-0.2, -0.15) is 0 Å². The van der Waals surface area contributed by atoms with Gasteiger partial charge in [-0.1, -0.05) is 18.1 Å². The Morgan fingerprint density at radius 2 is 2.14 bits per heavy atom. The fourth-order valence-corrected chi connectivity index (χ4v) is 1.10. The van der Waals surface area contributed by atoms with Crippen molar-refractivity contribution < 1.29 is 10.0 Å². The molecule has 0 aromatic heterocycles. The molecule has 0 aliphatic carbocycles. The predicted octanol–water partition coefficient (Wildman–Crippen LogP) is 1.65. The molecule has 4 heteroatoms. The number of aliphatic hydroxyl groups is 1. The van der Waals surface area contributed by atoms with Crippen LogP contribution in [0.4, 0.5) is 5.69 Å². The van der Waals surface area contributed by atoms with E-state index in [0.29, 0.717) is 0 Å². The molecular weight excluding hydrogens is 182 g/mol. The van der Waals surface area contributed by atoms with Crippen LogP contribution in [0.3, 0.4) is 0 Å². The van der Waals surface area contributed by atoms with Crippen molar-refractivity contribution >= 4 is 5.69 Å². The number of hydrogen-bond acceptors (Lipinski definition) is 3. The zero-order valence-corrected chi connectivity index (χ0v) is 7.60. The van der Waals surface area contributed by atoms with Crippen molar-refractivity contribution in [3.8, 4) is 11.8 Å². The number of para-hydroxylation sites is 1. The van der Waals surface area contributed by atoms with Crippen LogP contribution >= 0.6 is 0 Å². The Hall–Kier alpha value is -1.86. The zero-order chi connectivity index (χ0) is 10.6. The largest absolute Gasteiger partial charge is 0.376 e. The van der Waals surface area contributed by atoms with E-state index in [2.05, 4.69) is 11.8 Å². The van der Waals surface area contributed by atoms with Crippen LogP contribution in [-0.2, 0) is 0 Å². The van der Waals surface area contributed by atoms with E-state index >= 15 is 0 Å². The Morgan fingerprint density at radius 3 is 2.71 bits per heavy atom. The van der Waals surface area contributed by atoms with E-state index in [1.54, 1.807) is 19.1 Å². The second-order valence-corrected chi connectivity index (χ2v) is 2.61. The lowest BCUT2D eigenvalue weighted by Crippen LogP contribution is -1.99. The smallest absolute Gasteiger partial charge is 0.276 e. The number of benzene rings is 1. The summed E-state index contributed by atoms with van der Waals surface area (Å²) in [4.78, 5) is 10.0. The third-order valence-corrected chi connectivity index (χ3v) is 1.71. The van der Waals surface area contributed by atoms with Crippen molar-refractivity contribution in [2.75, 3.05) is 0 Å². The number of nitro groups is 1. The van der Waals surface area contributed by atoms with Crippen molar-refractivity contribution in [1.82, 2.24) is 0 Å². The summed E-state index contributed by atoms with van der Waals surface area (Å²) in [5.74, 6) is 4.97. The molecule has 1 aromatic rings. The summed E-state index contributed by atoms with van der Waals surface area (Å²) < 4.78 is 0. The van der Waals surface area contributed by atoms with Gasteiger partial charge >= 0.3 is 0 Å². The Labute approximate surface area is 81.3 Å². The summed E-state index contributed by atoms with van der Waals surface area (Å²) in [6.07, 6.45) is -1.10. The Bertz CT molecular complexity index is 403. The summed E-state index contributed by atoms with van der Waals surface area (Å²) >= 11 is 0. The van der Waals surface area contributed by atoms with Crippen LogP contribution in [0.2, 0.25) is 0 Å². The third kappa shape index (κ3) is 2.09. The van der Waals surface area contributed by atoms with Crippen molar-refractivity contribution in [3.05, 3.63) is 39.9 Å². The van der Waals surface area contributed by atoms with Crippen LogP contribution in [0, 0.1) is 22.0 Å². The van der Waals surface area contributed by atoms with Crippen LogP contribution in [0.5, 0.6) is 0 Å². The summed E-state index contributed by atoms with van der Waals surface area (Å²) in [6, 6.07) is 6.01. The maximum Gasteiger partial charge on any atom is 0.276 e. The molecule has 1 atom stereocenters. The van der Waals surface area contributed by atoms with Crippen LogP contribution < -0.4 is 0 Å². The van der Waals surface area contributed by atoms with Gasteiger partial charge < -0.3 is 5.11 Å². The van der Waals surface area contributed by atoms with Crippen LogP contribution in [0.1, 0.15) is 18.6 Å². The van der Waals surface area contributed by atoms with Gasteiger partial charge in [0.05, 0.1) is 10.5 Å². The predicted molar refractivity (Wildman–Crippen MR) is 51.5 cm³/mol. The molecule has 0 aliphatic heterocycles. The first-order chi connectivity index (χ1) is 6.66. The summed E-state index contributed by atoms with van der Waals surface area (Å²) in [7, 11) is 0. The van der Waals surface area contributed by atoms with E-state index in [9.17, 15) is 15.2 Å². The first-order valence-electron chi connectivity index (χ1n) is 4.00. The van der Waals surface area contributed by atoms with Gasteiger partial charge in [0.15, 0.2) is 0 Å². The molecule has 0 spiro atoms. The minimum absolute atomic E-state index is 0.109. The van der Waals surface area contributed by atoms with E-state index in [1.807, 2.05) is 0 Å². The van der Waals surface area contributed by atoms with Crippen molar-refractivity contribution in [1.29, 1.82) is 0 Å². The molecule has 1 N–H and O–H groups in total. The normalized spacial score (nSPS) is 11.3. The standard InChI is InChI=1S/C10H9NO3/c1-2-5-10(12)8-6-3-4-7-9(8)11(13)14/h3-4,6-7,10,12H,1H3. The fourth-order valence-electron chi connectivity index (χ4n) is 1.10. The molecule has 0 saturated carbocycles. The van der Waals surface area contributed by atoms with E-state index in [-0.39, 0.29) is 11.3 Å². The van der Waals surface area contributed by atoms with E-state index in [4.69, 9.17) is 0 Å². The highest BCUT2D eigenvalue weighted by atomic mass is 16.6. The first kappa shape index (κ1) is 10.2. The van der Waals surface area contributed by atoms with Crippen molar-refractivity contribution in [3.63, 3.8) is 0 Å². The SMILES string of the molecule is CC#CC(O)c1ccccc1[N+](=O)[O-]. The monoisotopic (exact) mass is 191 g/mol. The second kappa shape index (κ2) is 4.40. The van der Waals surface area contributed by atoms with Crippen LogP contribution in [-0.4, -0.2) is 10.0 Å². The van der Waals surface area contributed by atoms with Gasteiger partial charge in [-0.05, 0) is 13.0 Å². The number of aliphatic hydroxyl groups excluding tert-OH is 1. The molecule has 0 heterocycles. The van der Waals surface area contributed by atoms with Gasteiger partial charge in [0.1, 0.15) is 6.10 Å². The Balaban J connectivity index is 3.17. The maximum absolute atomic E-state index is 10.6. The molecule has 0 amide bonds. The van der Waals surface area contributed by atoms with E-state index < -0.39 is 11.0 Å². The van der Waals surface area contributed by atoms with Gasteiger partial charge in [0.25, 0.3) is 5.69 Å². The molecule has 4 nitrogen and oxygen atoms in total. The lowest BCUT2D eigenvalue weighted by atomic mass is 10.1. The molecule has 0 radical (unpaired) electrons. The van der Waals surface area contributed by atoms with Crippen molar-refractivity contribution in [2.24, 2.45) is 0 Å². The van der Waals surface area contributed by atoms with Crippen LogP contribution in [0.15, 0.2) is 24.3 Å². The van der Waals surface area contributed by atoms with Crippen LogP contribution in [0.25, 0.3) is 0 Å². The molecule has 0 bridgehead atoms. The average molecular weight is 191 g/mol. The molecule has 72 valence electrons. The topological polar surface area (TPSA) is 63.4 Å². The zero-order valence-electron chi connectivity index (χ0n) is 7.60. The minimum Gasteiger partial charge on any atom is -0.376 e. The number of nitro benzene ring substituents is 1. The summed E-state index contributed by atoms with van der Waals surface area (Å²) in [5, 5.41) is 20.0. The molecule has 0 aliphatic rings. The first-order valence-corrected chi connectivity index (χ1v) is 4.00. The highest BCUT2D eigenvalue weighted by molar-refractivity contribution is 5.43. The number of rotatable bonds is 2. The fraction of sp³-hybridized carbons (Fsp3) is 0.200. The lowest BCUT2D eigenvalue weighted by molar-refractivity contribution is -0.386. The van der Waals surface area contributed by atoms with Crippen molar-refractivity contribution in [2.45, 2.75) is 13.0 Å². The number of hydrogen-bond donors (Lipinski definition) is 1. The average Bonchev–Trinajstić information content (AvgIpc) is 2.18. The lowest BCUT2D eigenvalue weighted by Gasteiger charge is -2.03. The highest BCUT2D eigenvalue weighted by Crippen LogP contribution is 2.23. The summed E-state index contributed by atoms with van der Waals surface area (Å²) in [5.41, 5.74) is 0.120. The second-order valence-electron chi connectivity index (χ2n) is 2.61. The van der Waals surface area contributed by atoms with Gasteiger partial charge in [0, 0.05) is 6.07 Å². The highest BCUT2D eigenvalue weighted by Gasteiger charge is 2.17. The summed E-state index contributed by atoms with van der Waals surface area (Å²) in [6.45, 7) is 1.57. The van der Waals surface area contributed by atoms with Gasteiger partial charge in [-0.25, -0.2) is 0 Å². The molecule has 1 rings (SSSR count). The van der Waals surface area contributed by atoms with E-state index in [1.165, 1.54) is 12.1 Å². The molecule has 0 fully saturated rings. The molecule has 14 heavy (non-hydrogen) atoms. The maximum atomic E-state index is 10.6. The molecule has 0 saturated heterocycles. The number of nitrogens with zero attached hydrogens (tertiary/aromatic N) is 1. The molecule has 1 aromatic carbocycles. The minimum atomic E-state index is -1.10. The van der Waals surface area contributed by atoms with E-state index in [0.717, 1.165) is 0 Å². The molecular formula is C10H9NO3. The third-order valence-electron chi connectivity index (χ3n) is 1.71.